The third-order valence-electron chi connectivity index (χ3n) is 1.60. The Labute approximate surface area is 68.4 Å². The molecule has 0 aliphatic rings. The van der Waals surface area contributed by atoms with Crippen LogP contribution in [-0.4, -0.2) is 36.0 Å². The Morgan fingerprint density at radius 3 is 2.09 bits per heavy atom. The molecule has 3 heteroatoms. The maximum atomic E-state index is 8.67. The lowest BCUT2D eigenvalue weighted by atomic mass is 10.1. The molecular formula is C8H19NO2. The van der Waals surface area contributed by atoms with E-state index in [1.54, 1.807) is 0 Å². The second-order valence-electron chi connectivity index (χ2n) is 3.20. The van der Waals surface area contributed by atoms with Crippen LogP contribution in [0.3, 0.4) is 0 Å². The maximum Gasteiger partial charge on any atom is 0.0607 e. The fourth-order valence-electron chi connectivity index (χ4n) is 0.763. The summed E-state index contributed by atoms with van der Waals surface area (Å²) in [5.41, 5.74) is 0. The van der Waals surface area contributed by atoms with Gasteiger partial charge in [0.15, 0.2) is 0 Å². The number of rotatable bonds is 6. The van der Waals surface area contributed by atoms with Crippen LogP contribution in [0.1, 0.15) is 20.3 Å². The Bertz CT molecular complexity index is 82.2. The molecule has 3 N–H and O–H groups in total. The summed E-state index contributed by atoms with van der Waals surface area (Å²) in [6.07, 6.45) is 1.08. The van der Waals surface area contributed by atoms with Crippen molar-refractivity contribution in [1.29, 1.82) is 0 Å². The summed E-state index contributed by atoms with van der Waals surface area (Å²) < 4.78 is 0. The molecular weight excluding hydrogens is 142 g/mol. The first-order valence-electron chi connectivity index (χ1n) is 4.15. The molecule has 0 saturated carbocycles. The number of hydrogen-bond acceptors (Lipinski definition) is 3. The molecule has 0 heterocycles. The Hall–Kier alpha value is -0.120. The van der Waals surface area contributed by atoms with E-state index in [-0.39, 0.29) is 19.3 Å². The Kier molecular flexibility index (Phi) is 6.51. The largest absolute Gasteiger partial charge is 0.395 e. The molecule has 0 rings (SSSR count). The lowest BCUT2D eigenvalue weighted by molar-refractivity contribution is 0.170. The summed E-state index contributed by atoms with van der Waals surface area (Å²) in [6, 6.07) is -0.145. The van der Waals surface area contributed by atoms with E-state index < -0.39 is 0 Å². The summed E-state index contributed by atoms with van der Waals surface area (Å²) >= 11 is 0. The first-order chi connectivity index (χ1) is 5.20. The lowest BCUT2D eigenvalue weighted by Crippen LogP contribution is -2.36. The topological polar surface area (TPSA) is 52.5 Å². The molecule has 0 amide bonds. The fourth-order valence-corrected chi connectivity index (χ4v) is 0.763. The van der Waals surface area contributed by atoms with Gasteiger partial charge in [-0.3, -0.25) is 0 Å². The molecule has 0 atom stereocenters. The van der Waals surface area contributed by atoms with Crippen LogP contribution in [-0.2, 0) is 0 Å². The second kappa shape index (κ2) is 6.58. The van der Waals surface area contributed by atoms with Crippen LogP contribution in [0.5, 0.6) is 0 Å². The quantitative estimate of drug-likeness (QED) is 0.513. The second-order valence-corrected chi connectivity index (χ2v) is 3.20. The van der Waals surface area contributed by atoms with E-state index in [0.29, 0.717) is 5.92 Å². The van der Waals surface area contributed by atoms with Crippen molar-refractivity contribution in [3.63, 3.8) is 0 Å². The zero-order chi connectivity index (χ0) is 8.69. The summed E-state index contributed by atoms with van der Waals surface area (Å²) in [4.78, 5) is 0. The molecule has 0 radical (unpaired) electrons. The van der Waals surface area contributed by atoms with E-state index in [9.17, 15) is 0 Å². The van der Waals surface area contributed by atoms with Crippen molar-refractivity contribution in [1.82, 2.24) is 5.32 Å². The van der Waals surface area contributed by atoms with Crippen molar-refractivity contribution in [2.45, 2.75) is 26.3 Å². The Balaban J connectivity index is 3.21. The molecule has 0 aromatic rings. The van der Waals surface area contributed by atoms with E-state index in [1.807, 2.05) is 0 Å². The molecule has 0 aliphatic heterocycles. The van der Waals surface area contributed by atoms with Crippen LogP contribution < -0.4 is 5.32 Å². The minimum atomic E-state index is -0.145. The maximum absolute atomic E-state index is 8.67. The molecule has 68 valence electrons. The molecule has 0 aliphatic carbocycles. The van der Waals surface area contributed by atoms with Gasteiger partial charge in [0.25, 0.3) is 0 Å². The summed E-state index contributed by atoms with van der Waals surface area (Å²) in [5.74, 6) is 0.667. The monoisotopic (exact) mass is 161 g/mol. The predicted octanol–water partition coefficient (Wildman–Crippen LogP) is -0.0247. The van der Waals surface area contributed by atoms with Gasteiger partial charge in [0.05, 0.1) is 19.3 Å². The van der Waals surface area contributed by atoms with Gasteiger partial charge in [0, 0.05) is 0 Å². The van der Waals surface area contributed by atoms with Crippen molar-refractivity contribution < 1.29 is 10.2 Å². The van der Waals surface area contributed by atoms with Gasteiger partial charge in [-0.15, -0.1) is 0 Å². The van der Waals surface area contributed by atoms with Gasteiger partial charge >= 0.3 is 0 Å². The minimum Gasteiger partial charge on any atom is -0.395 e. The van der Waals surface area contributed by atoms with Gasteiger partial charge in [0.2, 0.25) is 0 Å². The van der Waals surface area contributed by atoms with E-state index in [4.69, 9.17) is 10.2 Å². The highest BCUT2D eigenvalue weighted by molar-refractivity contribution is 4.63. The molecule has 0 spiro atoms. The molecule has 0 aromatic carbocycles. The van der Waals surface area contributed by atoms with Gasteiger partial charge in [0.1, 0.15) is 0 Å². The van der Waals surface area contributed by atoms with Crippen molar-refractivity contribution in [2.75, 3.05) is 19.8 Å². The minimum absolute atomic E-state index is 0.00853. The number of nitrogens with one attached hydrogen (secondary N) is 1. The molecule has 0 aromatic heterocycles. The van der Waals surface area contributed by atoms with Gasteiger partial charge in [-0.2, -0.15) is 0 Å². The van der Waals surface area contributed by atoms with Gasteiger partial charge < -0.3 is 15.5 Å². The van der Waals surface area contributed by atoms with Crippen molar-refractivity contribution in [2.24, 2.45) is 5.92 Å². The van der Waals surface area contributed by atoms with Crippen molar-refractivity contribution in [3.8, 4) is 0 Å². The smallest absolute Gasteiger partial charge is 0.0607 e. The summed E-state index contributed by atoms with van der Waals surface area (Å²) in [7, 11) is 0. The van der Waals surface area contributed by atoms with E-state index in [0.717, 1.165) is 13.0 Å². The van der Waals surface area contributed by atoms with Crippen molar-refractivity contribution >= 4 is 0 Å². The molecule has 0 fully saturated rings. The van der Waals surface area contributed by atoms with Gasteiger partial charge in [-0.25, -0.2) is 0 Å². The SMILES string of the molecule is CC(C)CCNC(CO)CO. The predicted molar refractivity (Wildman–Crippen MR) is 45.4 cm³/mol. The van der Waals surface area contributed by atoms with E-state index >= 15 is 0 Å². The molecule has 11 heavy (non-hydrogen) atoms. The normalized spacial score (nSPS) is 11.5. The zero-order valence-electron chi connectivity index (χ0n) is 7.38. The van der Waals surface area contributed by atoms with Crippen LogP contribution in [0.15, 0.2) is 0 Å². The van der Waals surface area contributed by atoms with Crippen LogP contribution in [0.4, 0.5) is 0 Å². The Morgan fingerprint density at radius 1 is 1.18 bits per heavy atom. The molecule has 0 unspecified atom stereocenters. The average Bonchev–Trinajstić information content (AvgIpc) is 1.98. The average molecular weight is 161 g/mol. The first kappa shape index (κ1) is 10.9. The first-order valence-corrected chi connectivity index (χ1v) is 4.15. The van der Waals surface area contributed by atoms with Crippen LogP contribution in [0, 0.1) is 5.92 Å². The van der Waals surface area contributed by atoms with Crippen LogP contribution in [0.25, 0.3) is 0 Å². The standard InChI is InChI=1S/C8H19NO2/c1-7(2)3-4-9-8(5-10)6-11/h7-11H,3-6H2,1-2H3. The van der Waals surface area contributed by atoms with E-state index in [2.05, 4.69) is 19.2 Å². The van der Waals surface area contributed by atoms with Gasteiger partial charge in [-0.05, 0) is 18.9 Å². The van der Waals surface area contributed by atoms with Gasteiger partial charge in [-0.1, -0.05) is 13.8 Å². The van der Waals surface area contributed by atoms with Crippen LogP contribution >= 0.6 is 0 Å². The summed E-state index contributed by atoms with van der Waals surface area (Å²) in [6.45, 7) is 5.18. The van der Waals surface area contributed by atoms with Crippen molar-refractivity contribution in [3.05, 3.63) is 0 Å². The molecule has 0 bridgehead atoms. The van der Waals surface area contributed by atoms with E-state index in [1.165, 1.54) is 0 Å². The fraction of sp³-hybridized carbons (Fsp3) is 1.00. The lowest BCUT2D eigenvalue weighted by Gasteiger charge is -2.13. The third kappa shape index (κ3) is 6.28. The van der Waals surface area contributed by atoms with Crippen LogP contribution in [0.2, 0.25) is 0 Å². The molecule has 3 nitrogen and oxygen atoms in total. The highest BCUT2D eigenvalue weighted by atomic mass is 16.3. The highest BCUT2D eigenvalue weighted by Gasteiger charge is 2.03. The Morgan fingerprint density at radius 2 is 1.73 bits per heavy atom. The number of aliphatic hydroxyl groups excluding tert-OH is 2. The number of aliphatic hydroxyl groups is 2. The third-order valence-corrected chi connectivity index (χ3v) is 1.60. The number of hydrogen-bond donors (Lipinski definition) is 3. The summed E-state index contributed by atoms with van der Waals surface area (Å²) in [5, 5.41) is 20.4. The molecule has 0 saturated heterocycles. The zero-order valence-corrected chi connectivity index (χ0v) is 7.38. The highest BCUT2D eigenvalue weighted by Crippen LogP contribution is 1.96.